The van der Waals surface area contributed by atoms with Crippen LogP contribution >= 0.6 is 0 Å². The molecule has 0 amide bonds. The number of aromatic nitrogens is 6. The molecule has 0 bridgehead atoms. The van der Waals surface area contributed by atoms with Crippen LogP contribution in [0, 0.1) is 17.8 Å². The monoisotopic (exact) mass is 375 g/mol. The van der Waals surface area contributed by atoms with Crippen LogP contribution in [-0.4, -0.2) is 49.6 Å². The lowest BCUT2D eigenvalue weighted by atomic mass is 10.2. The molecule has 4 heterocycles. The molecule has 142 valence electrons. The predicted octanol–water partition coefficient (Wildman–Crippen LogP) is 2.05. The van der Waals surface area contributed by atoms with Gasteiger partial charge in [0, 0.05) is 49.4 Å². The maximum atomic E-state index is 5.87. The maximum absolute atomic E-state index is 5.87. The Morgan fingerprint density at radius 1 is 0.929 bits per heavy atom. The van der Waals surface area contributed by atoms with E-state index in [9.17, 15) is 0 Å². The lowest BCUT2D eigenvalue weighted by molar-refractivity contribution is 0.271. The number of nitrogens with zero attached hydrogens (tertiary/aromatic N) is 7. The van der Waals surface area contributed by atoms with Crippen molar-refractivity contribution in [2.75, 3.05) is 24.6 Å². The lowest BCUT2D eigenvalue weighted by Gasteiger charge is -2.19. The van der Waals surface area contributed by atoms with E-state index in [0.29, 0.717) is 30.2 Å². The lowest BCUT2D eigenvalue weighted by Crippen LogP contribution is -2.27. The van der Waals surface area contributed by atoms with Gasteiger partial charge in [-0.15, -0.1) is 0 Å². The highest BCUT2D eigenvalue weighted by Crippen LogP contribution is 2.52. The van der Waals surface area contributed by atoms with Crippen LogP contribution in [0.3, 0.4) is 0 Å². The van der Waals surface area contributed by atoms with Crippen molar-refractivity contribution in [3.8, 4) is 17.1 Å². The average Bonchev–Trinajstić information content (AvgIpc) is 3.22. The first-order valence-corrected chi connectivity index (χ1v) is 9.58. The van der Waals surface area contributed by atoms with Crippen LogP contribution in [0.4, 0.5) is 5.95 Å². The SMILES string of the molecule is CCc1cnc(N2CC3C(COc4cnc(-c5cncnc5)cn4)[C@@H]3C2)nc1. The van der Waals surface area contributed by atoms with Crippen molar-refractivity contribution in [3.05, 3.63) is 49.1 Å². The standard InChI is InChI=1S/C20H21N7O/c1-2-13-3-25-20(26-4-13)27-9-15-16(10-27)17(15)11-28-19-8-23-18(7-24-19)14-5-21-12-22-6-14/h3-8,12,15-17H,2,9-11H2,1H3/t15-,16?,17?/m1/s1. The molecular formula is C20H21N7O. The van der Waals surface area contributed by atoms with Crippen LogP contribution in [0.25, 0.3) is 11.3 Å². The van der Waals surface area contributed by atoms with Gasteiger partial charge in [0.2, 0.25) is 11.8 Å². The van der Waals surface area contributed by atoms with Crippen LogP contribution in [0.2, 0.25) is 0 Å². The Kier molecular flexibility index (Phi) is 4.31. The minimum atomic E-state index is 0.556. The van der Waals surface area contributed by atoms with E-state index in [-0.39, 0.29) is 0 Å². The first kappa shape index (κ1) is 17.0. The smallest absolute Gasteiger partial charge is 0.232 e. The Morgan fingerprint density at radius 3 is 2.32 bits per heavy atom. The van der Waals surface area contributed by atoms with Gasteiger partial charge in [-0.3, -0.25) is 0 Å². The van der Waals surface area contributed by atoms with Crippen LogP contribution in [0.15, 0.2) is 43.5 Å². The number of piperidine rings is 1. The van der Waals surface area contributed by atoms with Gasteiger partial charge in [0.15, 0.2) is 0 Å². The maximum Gasteiger partial charge on any atom is 0.232 e. The zero-order chi connectivity index (χ0) is 18.9. The molecule has 0 N–H and O–H groups in total. The van der Waals surface area contributed by atoms with Crippen LogP contribution in [-0.2, 0) is 6.42 Å². The fraction of sp³-hybridized carbons (Fsp3) is 0.400. The van der Waals surface area contributed by atoms with Crippen molar-refractivity contribution >= 4 is 5.95 Å². The Labute approximate surface area is 163 Å². The van der Waals surface area contributed by atoms with Crippen LogP contribution < -0.4 is 9.64 Å². The molecule has 5 rings (SSSR count). The van der Waals surface area contributed by atoms with E-state index in [4.69, 9.17) is 4.74 Å². The molecule has 8 nitrogen and oxygen atoms in total. The normalized spacial score (nSPS) is 22.8. The predicted molar refractivity (Wildman–Crippen MR) is 103 cm³/mol. The van der Waals surface area contributed by atoms with Gasteiger partial charge in [-0.1, -0.05) is 6.92 Å². The summed E-state index contributed by atoms with van der Waals surface area (Å²) < 4.78 is 5.87. The Balaban J connectivity index is 1.13. The van der Waals surface area contributed by atoms with E-state index in [0.717, 1.165) is 36.7 Å². The molecule has 2 aliphatic rings. The second-order valence-corrected chi connectivity index (χ2v) is 7.32. The molecule has 2 fully saturated rings. The zero-order valence-corrected chi connectivity index (χ0v) is 15.6. The van der Waals surface area contributed by atoms with Crippen molar-refractivity contribution in [2.45, 2.75) is 13.3 Å². The van der Waals surface area contributed by atoms with E-state index in [1.807, 2.05) is 12.4 Å². The minimum Gasteiger partial charge on any atom is -0.476 e. The summed E-state index contributed by atoms with van der Waals surface area (Å²) in [4.78, 5) is 28.0. The molecule has 3 aromatic rings. The summed E-state index contributed by atoms with van der Waals surface area (Å²) in [6.07, 6.45) is 13.1. The van der Waals surface area contributed by atoms with E-state index in [2.05, 4.69) is 41.7 Å². The first-order chi connectivity index (χ1) is 13.8. The first-order valence-electron chi connectivity index (χ1n) is 9.58. The number of hydrogen-bond donors (Lipinski definition) is 0. The molecule has 1 aliphatic heterocycles. The zero-order valence-electron chi connectivity index (χ0n) is 15.6. The van der Waals surface area contributed by atoms with Gasteiger partial charge in [-0.25, -0.2) is 29.9 Å². The summed E-state index contributed by atoms with van der Waals surface area (Å²) in [5.41, 5.74) is 2.75. The van der Waals surface area contributed by atoms with Crippen molar-refractivity contribution < 1.29 is 4.74 Å². The van der Waals surface area contributed by atoms with E-state index < -0.39 is 0 Å². The molecule has 1 saturated heterocycles. The second-order valence-electron chi connectivity index (χ2n) is 7.32. The summed E-state index contributed by atoms with van der Waals surface area (Å²) in [7, 11) is 0. The van der Waals surface area contributed by atoms with Crippen molar-refractivity contribution in [1.29, 1.82) is 0 Å². The van der Waals surface area contributed by atoms with Crippen molar-refractivity contribution in [3.63, 3.8) is 0 Å². The Morgan fingerprint density at radius 2 is 1.68 bits per heavy atom. The van der Waals surface area contributed by atoms with Crippen molar-refractivity contribution in [2.24, 2.45) is 17.8 Å². The van der Waals surface area contributed by atoms with E-state index in [1.54, 1.807) is 24.8 Å². The van der Waals surface area contributed by atoms with Gasteiger partial charge in [-0.05, 0) is 23.8 Å². The highest BCUT2D eigenvalue weighted by Gasteiger charge is 2.56. The van der Waals surface area contributed by atoms with Crippen LogP contribution in [0.1, 0.15) is 12.5 Å². The molecular weight excluding hydrogens is 354 g/mol. The molecule has 0 aromatic carbocycles. The van der Waals surface area contributed by atoms with E-state index in [1.165, 1.54) is 11.9 Å². The molecule has 1 saturated carbocycles. The number of hydrogen-bond acceptors (Lipinski definition) is 8. The molecule has 3 aromatic heterocycles. The second kappa shape index (κ2) is 7.10. The minimum absolute atomic E-state index is 0.556. The molecule has 8 heteroatoms. The number of aryl methyl sites for hydroxylation is 1. The fourth-order valence-electron chi connectivity index (χ4n) is 3.91. The number of ether oxygens (including phenoxy) is 1. The topological polar surface area (TPSA) is 89.8 Å². The van der Waals surface area contributed by atoms with Gasteiger partial charge in [0.05, 0.1) is 24.7 Å². The highest BCUT2D eigenvalue weighted by molar-refractivity contribution is 5.55. The highest BCUT2D eigenvalue weighted by atomic mass is 16.5. The summed E-state index contributed by atoms with van der Waals surface area (Å²) in [6, 6.07) is 0. The Hall–Kier alpha value is -3.16. The van der Waals surface area contributed by atoms with Gasteiger partial charge in [0.1, 0.15) is 6.33 Å². The summed E-state index contributed by atoms with van der Waals surface area (Å²) in [5.74, 6) is 3.29. The molecule has 3 atom stereocenters. The van der Waals surface area contributed by atoms with E-state index >= 15 is 0 Å². The van der Waals surface area contributed by atoms with Crippen LogP contribution in [0.5, 0.6) is 5.88 Å². The Bertz CT molecular complexity index is 921. The average molecular weight is 375 g/mol. The number of rotatable bonds is 6. The third-order valence-corrected chi connectivity index (χ3v) is 5.66. The molecule has 0 radical (unpaired) electrons. The summed E-state index contributed by atoms with van der Waals surface area (Å²) >= 11 is 0. The van der Waals surface area contributed by atoms with Gasteiger partial charge in [-0.2, -0.15) is 0 Å². The summed E-state index contributed by atoms with van der Waals surface area (Å²) in [6.45, 7) is 4.80. The quantitative estimate of drug-likeness (QED) is 0.647. The fourth-order valence-corrected chi connectivity index (χ4v) is 3.91. The van der Waals surface area contributed by atoms with Gasteiger partial charge in [0.25, 0.3) is 0 Å². The van der Waals surface area contributed by atoms with Gasteiger partial charge >= 0.3 is 0 Å². The summed E-state index contributed by atoms with van der Waals surface area (Å²) in [5, 5.41) is 0. The third-order valence-electron chi connectivity index (χ3n) is 5.66. The number of anilines is 1. The number of fused-ring (bicyclic) bond motifs is 1. The third kappa shape index (κ3) is 3.26. The molecule has 1 aliphatic carbocycles. The molecule has 28 heavy (non-hydrogen) atoms. The largest absolute Gasteiger partial charge is 0.476 e. The molecule has 2 unspecified atom stereocenters. The molecule has 0 spiro atoms. The van der Waals surface area contributed by atoms with Crippen molar-refractivity contribution in [1.82, 2.24) is 29.9 Å². The van der Waals surface area contributed by atoms with Gasteiger partial charge < -0.3 is 9.64 Å².